The van der Waals surface area contributed by atoms with Gasteiger partial charge in [0.1, 0.15) is 36.5 Å². The first-order chi connectivity index (χ1) is 24.7. The summed E-state index contributed by atoms with van der Waals surface area (Å²) in [5, 5.41) is 41.4. The molecule has 51 heavy (non-hydrogen) atoms. The Balaban J connectivity index is 1.26. The Morgan fingerprint density at radius 3 is 2.69 bits per heavy atom. The number of carboxylic acid groups (broad SMARTS) is 1. The van der Waals surface area contributed by atoms with E-state index in [2.05, 4.69) is 40.3 Å². The maximum atomic E-state index is 10.9. The highest BCUT2D eigenvalue weighted by Crippen LogP contribution is 2.35. The lowest BCUT2D eigenvalue weighted by Crippen LogP contribution is -2.28. The summed E-state index contributed by atoms with van der Waals surface area (Å²) < 4.78 is 18.5. The summed E-state index contributed by atoms with van der Waals surface area (Å²) in [6, 6.07) is 21.3. The molecular weight excluding hydrogens is 672 g/mol. The van der Waals surface area contributed by atoms with Crippen molar-refractivity contribution in [2.45, 2.75) is 58.2 Å². The van der Waals surface area contributed by atoms with Crippen LogP contribution in [0.25, 0.3) is 11.1 Å². The SMILES string of the molecule is Cc1c(COc2cc(OCc3cncc(C#N)c3)c(CNCC(O)CC(=O)O)cc2Cl)cccc1-c1cccc(OCCCN2CC[C@@H](O)C2)c1. The standard InChI is InChI=1S/C39H43ClN4O7/c1-26-30(6-3-8-35(26)29-5-2-7-34(14-29)49-12-4-10-44-11-9-32(45)23-44)25-51-38-17-37(50-24-28-13-27(18-41)19-42-20-28)31(15-36(38)40)21-43-22-33(46)16-39(47)48/h2-3,5-8,13-15,17,19-20,32-33,43,45-46H,4,9-12,16,21-25H2,1H3,(H,47,48)/t32-,33?/m1/s1. The molecule has 0 bridgehead atoms. The molecule has 0 saturated carbocycles. The molecule has 268 valence electrons. The Bertz CT molecular complexity index is 1830. The Morgan fingerprint density at radius 1 is 1.08 bits per heavy atom. The van der Waals surface area contributed by atoms with Crippen molar-refractivity contribution in [3.63, 3.8) is 0 Å². The van der Waals surface area contributed by atoms with E-state index in [1.807, 2.05) is 30.3 Å². The molecule has 2 atom stereocenters. The number of carboxylic acids is 1. The van der Waals surface area contributed by atoms with Gasteiger partial charge in [-0.3, -0.25) is 9.78 Å². The van der Waals surface area contributed by atoms with E-state index in [0.29, 0.717) is 39.8 Å². The van der Waals surface area contributed by atoms with Crippen LogP contribution in [-0.2, 0) is 24.6 Å². The van der Waals surface area contributed by atoms with E-state index in [0.717, 1.165) is 60.5 Å². The summed E-state index contributed by atoms with van der Waals surface area (Å²) in [5.74, 6) is 0.595. The van der Waals surface area contributed by atoms with Crippen LogP contribution in [0.4, 0.5) is 0 Å². The predicted molar refractivity (Wildman–Crippen MR) is 193 cm³/mol. The molecule has 1 aliphatic heterocycles. The van der Waals surface area contributed by atoms with Crippen LogP contribution in [0.3, 0.4) is 0 Å². The number of hydrogen-bond donors (Lipinski definition) is 4. The lowest BCUT2D eigenvalue weighted by Gasteiger charge is -2.18. The summed E-state index contributed by atoms with van der Waals surface area (Å²) in [7, 11) is 0. The number of aliphatic hydroxyl groups is 2. The summed E-state index contributed by atoms with van der Waals surface area (Å²) in [6.07, 6.45) is 3.17. The Morgan fingerprint density at radius 2 is 1.90 bits per heavy atom. The fraction of sp³-hybridized carbons (Fsp3) is 0.359. The van der Waals surface area contributed by atoms with E-state index in [1.165, 1.54) is 6.20 Å². The second-order valence-electron chi connectivity index (χ2n) is 12.6. The van der Waals surface area contributed by atoms with E-state index in [4.69, 9.17) is 30.9 Å². The number of likely N-dealkylation sites (tertiary alicyclic amines) is 1. The van der Waals surface area contributed by atoms with Crippen molar-refractivity contribution in [2.75, 3.05) is 32.8 Å². The van der Waals surface area contributed by atoms with Gasteiger partial charge in [0.25, 0.3) is 0 Å². The number of halogens is 1. The first-order valence-electron chi connectivity index (χ1n) is 16.9. The summed E-state index contributed by atoms with van der Waals surface area (Å²) >= 11 is 6.71. The number of benzene rings is 3. The molecular formula is C39H43ClN4O7. The Kier molecular flexibility index (Phi) is 13.6. The minimum absolute atomic E-state index is 0.0604. The monoisotopic (exact) mass is 714 g/mol. The lowest BCUT2D eigenvalue weighted by molar-refractivity contribution is -0.139. The molecule has 1 unspecified atom stereocenters. The molecule has 5 rings (SSSR count). The molecule has 2 heterocycles. The number of hydrogen-bond acceptors (Lipinski definition) is 10. The van der Waals surface area contributed by atoms with Gasteiger partial charge in [0.2, 0.25) is 0 Å². The highest BCUT2D eigenvalue weighted by Gasteiger charge is 2.19. The normalized spacial score (nSPS) is 14.9. The maximum Gasteiger partial charge on any atom is 0.306 e. The third kappa shape index (κ3) is 11.1. The smallest absolute Gasteiger partial charge is 0.306 e. The van der Waals surface area contributed by atoms with Crippen molar-refractivity contribution in [3.8, 4) is 34.4 Å². The van der Waals surface area contributed by atoms with Crippen LogP contribution < -0.4 is 19.5 Å². The molecule has 4 aromatic rings. The zero-order chi connectivity index (χ0) is 36.2. The van der Waals surface area contributed by atoms with Crippen LogP contribution in [-0.4, -0.2) is 76.2 Å². The van der Waals surface area contributed by atoms with Gasteiger partial charge in [0.05, 0.1) is 35.8 Å². The van der Waals surface area contributed by atoms with E-state index < -0.39 is 12.1 Å². The lowest BCUT2D eigenvalue weighted by atomic mass is 9.96. The number of carbonyl (C=O) groups is 1. The van der Waals surface area contributed by atoms with Crippen LogP contribution in [0, 0.1) is 18.3 Å². The molecule has 3 aromatic carbocycles. The number of aliphatic hydroxyl groups excluding tert-OH is 2. The largest absolute Gasteiger partial charge is 0.494 e. The van der Waals surface area contributed by atoms with Gasteiger partial charge in [0, 0.05) is 62.3 Å². The molecule has 1 aliphatic rings. The highest BCUT2D eigenvalue weighted by atomic mass is 35.5. The number of aromatic nitrogens is 1. The number of nitrogens with one attached hydrogen (secondary N) is 1. The van der Waals surface area contributed by atoms with Crippen molar-refractivity contribution in [2.24, 2.45) is 0 Å². The van der Waals surface area contributed by atoms with Gasteiger partial charge in [-0.05, 0) is 66.3 Å². The molecule has 0 radical (unpaired) electrons. The van der Waals surface area contributed by atoms with E-state index in [9.17, 15) is 20.3 Å². The summed E-state index contributed by atoms with van der Waals surface area (Å²) in [5.41, 5.74) is 5.91. The quantitative estimate of drug-likeness (QED) is 0.0965. The average Bonchev–Trinajstić information content (AvgIpc) is 3.54. The fourth-order valence-electron chi connectivity index (χ4n) is 5.95. The molecule has 4 N–H and O–H groups in total. The molecule has 0 spiro atoms. The molecule has 1 fully saturated rings. The maximum absolute atomic E-state index is 10.9. The molecule has 11 nitrogen and oxygen atoms in total. The minimum atomic E-state index is -1.09. The predicted octanol–water partition coefficient (Wildman–Crippen LogP) is 5.50. The molecule has 0 amide bonds. The number of nitriles is 1. The average molecular weight is 715 g/mol. The van der Waals surface area contributed by atoms with Gasteiger partial charge < -0.3 is 39.7 Å². The van der Waals surface area contributed by atoms with Crippen LogP contribution >= 0.6 is 11.6 Å². The zero-order valence-electron chi connectivity index (χ0n) is 28.6. The van der Waals surface area contributed by atoms with Crippen molar-refractivity contribution >= 4 is 17.6 Å². The minimum Gasteiger partial charge on any atom is -0.494 e. The second kappa shape index (κ2) is 18.5. The number of β-amino-alcohol motifs (C(OH)–C–C–N with tert-alkyl or cyclic N) is 1. The highest BCUT2D eigenvalue weighted by molar-refractivity contribution is 6.32. The van der Waals surface area contributed by atoms with Crippen molar-refractivity contribution < 1.29 is 34.3 Å². The summed E-state index contributed by atoms with van der Waals surface area (Å²) in [4.78, 5) is 17.3. The van der Waals surface area contributed by atoms with Gasteiger partial charge in [0.15, 0.2) is 0 Å². The molecule has 12 heteroatoms. The number of ether oxygens (including phenoxy) is 3. The van der Waals surface area contributed by atoms with Gasteiger partial charge >= 0.3 is 5.97 Å². The Labute approximate surface area is 303 Å². The van der Waals surface area contributed by atoms with Gasteiger partial charge in [-0.1, -0.05) is 41.9 Å². The number of rotatable bonds is 18. The molecule has 1 aromatic heterocycles. The van der Waals surface area contributed by atoms with Crippen LogP contribution in [0.5, 0.6) is 17.2 Å². The van der Waals surface area contributed by atoms with E-state index in [1.54, 1.807) is 24.4 Å². The Hall–Kier alpha value is -4.70. The van der Waals surface area contributed by atoms with Crippen molar-refractivity contribution in [3.05, 3.63) is 106 Å². The summed E-state index contributed by atoms with van der Waals surface area (Å²) in [6.45, 7) is 5.90. The molecule has 1 saturated heterocycles. The second-order valence-corrected chi connectivity index (χ2v) is 13.0. The van der Waals surface area contributed by atoms with E-state index in [-0.39, 0.29) is 38.8 Å². The van der Waals surface area contributed by atoms with Crippen LogP contribution in [0.2, 0.25) is 5.02 Å². The van der Waals surface area contributed by atoms with Crippen molar-refractivity contribution in [1.82, 2.24) is 15.2 Å². The third-order valence-electron chi connectivity index (χ3n) is 8.65. The topological polar surface area (TPSA) is 157 Å². The zero-order valence-corrected chi connectivity index (χ0v) is 29.3. The van der Waals surface area contributed by atoms with Crippen LogP contribution in [0.15, 0.2) is 73.1 Å². The van der Waals surface area contributed by atoms with Crippen LogP contribution in [0.1, 0.15) is 47.1 Å². The van der Waals surface area contributed by atoms with Gasteiger partial charge in [-0.2, -0.15) is 5.26 Å². The van der Waals surface area contributed by atoms with E-state index >= 15 is 0 Å². The fourth-order valence-corrected chi connectivity index (χ4v) is 6.19. The molecule has 0 aliphatic carbocycles. The first kappa shape index (κ1) is 37.6. The number of pyridine rings is 1. The number of aliphatic carboxylic acids is 1. The first-order valence-corrected chi connectivity index (χ1v) is 17.3. The van der Waals surface area contributed by atoms with Gasteiger partial charge in [-0.25, -0.2) is 0 Å². The third-order valence-corrected chi connectivity index (χ3v) is 8.94. The van der Waals surface area contributed by atoms with Crippen molar-refractivity contribution in [1.29, 1.82) is 5.26 Å². The van der Waals surface area contributed by atoms with Gasteiger partial charge in [-0.15, -0.1) is 0 Å². The number of nitrogens with zero attached hydrogens (tertiary/aromatic N) is 3.